The van der Waals surface area contributed by atoms with Crippen molar-refractivity contribution in [1.82, 2.24) is 19.9 Å². The molecule has 1 aromatic heterocycles. The topological polar surface area (TPSA) is 54.2 Å². The highest BCUT2D eigenvalue weighted by Crippen LogP contribution is 2.28. The van der Waals surface area contributed by atoms with Crippen LogP contribution in [0.1, 0.15) is 57.1 Å². The number of aliphatic hydroxyl groups is 1. The summed E-state index contributed by atoms with van der Waals surface area (Å²) < 4.78 is 1.90. The van der Waals surface area contributed by atoms with Gasteiger partial charge in [0.2, 0.25) is 0 Å². The number of hydrogen-bond acceptors (Lipinski definition) is 4. The van der Waals surface area contributed by atoms with E-state index in [1.165, 1.54) is 71.0 Å². The highest BCUT2D eigenvalue weighted by atomic mass is 16.3. The van der Waals surface area contributed by atoms with Crippen molar-refractivity contribution in [3.63, 3.8) is 0 Å². The predicted octanol–water partition coefficient (Wildman–Crippen LogP) is 2.45. The quantitative estimate of drug-likeness (QED) is 0.841. The Kier molecular flexibility index (Phi) is 5.84. The Hall–Kier alpha value is -0.940. The molecule has 2 aliphatic rings. The van der Waals surface area contributed by atoms with Gasteiger partial charge in [0.1, 0.15) is 5.69 Å². The van der Waals surface area contributed by atoms with Crippen molar-refractivity contribution in [2.24, 2.45) is 11.8 Å². The molecule has 124 valence electrons. The summed E-state index contributed by atoms with van der Waals surface area (Å²) in [5.41, 5.74) is 0.671. The molecule has 0 aromatic carbocycles. The minimum atomic E-state index is -0.0159. The van der Waals surface area contributed by atoms with E-state index in [9.17, 15) is 0 Å². The molecule has 1 aliphatic carbocycles. The van der Waals surface area contributed by atoms with E-state index in [0.717, 1.165) is 12.5 Å². The number of rotatable bonds is 7. The van der Waals surface area contributed by atoms with Gasteiger partial charge < -0.3 is 10.0 Å². The van der Waals surface area contributed by atoms with Crippen LogP contribution < -0.4 is 0 Å². The lowest BCUT2D eigenvalue weighted by molar-refractivity contribution is 0.155. The van der Waals surface area contributed by atoms with Crippen molar-refractivity contribution in [2.45, 2.75) is 64.5 Å². The molecule has 0 bridgehead atoms. The maximum atomic E-state index is 9.06. The molecule has 1 aromatic rings. The Bertz CT molecular complexity index is 442. The molecule has 1 N–H and O–H groups in total. The van der Waals surface area contributed by atoms with E-state index in [-0.39, 0.29) is 6.61 Å². The van der Waals surface area contributed by atoms with Crippen LogP contribution in [0, 0.1) is 11.8 Å². The first-order valence-electron chi connectivity index (χ1n) is 9.05. The summed E-state index contributed by atoms with van der Waals surface area (Å²) in [6.45, 7) is 4.65. The summed E-state index contributed by atoms with van der Waals surface area (Å²) in [6.07, 6.45) is 13.1. The molecule has 2 fully saturated rings. The Morgan fingerprint density at radius 3 is 2.73 bits per heavy atom. The monoisotopic (exact) mass is 306 g/mol. The minimum absolute atomic E-state index is 0.0159. The molecule has 1 aliphatic heterocycles. The van der Waals surface area contributed by atoms with Crippen LogP contribution in [0.5, 0.6) is 0 Å². The van der Waals surface area contributed by atoms with Gasteiger partial charge >= 0.3 is 0 Å². The molecule has 3 rings (SSSR count). The second-order valence-electron chi connectivity index (χ2n) is 7.19. The van der Waals surface area contributed by atoms with E-state index in [1.807, 2.05) is 10.9 Å². The molecule has 1 saturated heterocycles. The van der Waals surface area contributed by atoms with Crippen LogP contribution in [0.4, 0.5) is 0 Å². The van der Waals surface area contributed by atoms with Crippen LogP contribution in [0.25, 0.3) is 0 Å². The third-order valence-corrected chi connectivity index (χ3v) is 5.36. The van der Waals surface area contributed by atoms with Crippen molar-refractivity contribution in [1.29, 1.82) is 0 Å². The van der Waals surface area contributed by atoms with Crippen molar-refractivity contribution >= 4 is 0 Å². The van der Waals surface area contributed by atoms with Crippen LogP contribution in [0.2, 0.25) is 0 Å². The third kappa shape index (κ3) is 4.53. The first-order valence-corrected chi connectivity index (χ1v) is 9.05. The zero-order chi connectivity index (χ0) is 15.2. The summed E-state index contributed by atoms with van der Waals surface area (Å²) in [6, 6.07) is 0. The van der Waals surface area contributed by atoms with Crippen LogP contribution in [0.3, 0.4) is 0 Å². The molecule has 0 amide bonds. The van der Waals surface area contributed by atoms with Gasteiger partial charge in [-0.1, -0.05) is 30.9 Å². The van der Waals surface area contributed by atoms with Crippen molar-refractivity contribution < 1.29 is 5.11 Å². The van der Waals surface area contributed by atoms with Gasteiger partial charge in [0, 0.05) is 13.1 Å². The van der Waals surface area contributed by atoms with Gasteiger partial charge in [-0.3, -0.25) is 4.68 Å². The molecule has 1 unspecified atom stereocenters. The predicted molar refractivity (Wildman–Crippen MR) is 86.3 cm³/mol. The molecular formula is C17H30N4O. The van der Waals surface area contributed by atoms with Gasteiger partial charge in [0.25, 0.3) is 0 Å². The number of nitrogens with zero attached hydrogens (tertiary/aromatic N) is 4. The van der Waals surface area contributed by atoms with E-state index in [2.05, 4.69) is 15.2 Å². The molecule has 5 heteroatoms. The van der Waals surface area contributed by atoms with Gasteiger partial charge in [-0.25, -0.2) is 0 Å². The first-order chi connectivity index (χ1) is 10.8. The average Bonchev–Trinajstić information content (AvgIpc) is 3.19. The maximum absolute atomic E-state index is 9.06. The fourth-order valence-corrected chi connectivity index (χ4v) is 4.17. The Morgan fingerprint density at radius 2 is 1.95 bits per heavy atom. The normalized spacial score (nSPS) is 24.1. The number of aromatic nitrogens is 3. The lowest BCUT2D eigenvalue weighted by Gasteiger charge is -2.32. The molecule has 0 spiro atoms. The number of hydrogen-bond donors (Lipinski definition) is 1. The molecular weight excluding hydrogens is 276 g/mol. The zero-order valence-corrected chi connectivity index (χ0v) is 13.7. The van der Waals surface area contributed by atoms with E-state index < -0.39 is 0 Å². The van der Waals surface area contributed by atoms with Crippen molar-refractivity contribution in [2.75, 3.05) is 19.6 Å². The number of likely N-dealkylation sites (tertiary alicyclic amines) is 1. The maximum Gasteiger partial charge on any atom is 0.108 e. The molecule has 22 heavy (non-hydrogen) atoms. The molecule has 1 atom stereocenters. The number of piperidine rings is 1. The minimum Gasteiger partial charge on any atom is -0.390 e. The highest BCUT2D eigenvalue weighted by Gasteiger charge is 2.21. The van der Waals surface area contributed by atoms with E-state index in [4.69, 9.17) is 5.11 Å². The van der Waals surface area contributed by atoms with E-state index in [0.29, 0.717) is 11.6 Å². The highest BCUT2D eigenvalue weighted by molar-refractivity contribution is 4.89. The summed E-state index contributed by atoms with van der Waals surface area (Å²) in [5.74, 6) is 1.70. The SMILES string of the molecule is OCc1cn(CC2CCCN(CCCC3CCCC3)C2)nn1. The van der Waals surface area contributed by atoms with Gasteiger partial charge in [0.15, 0.2) is 0 Å². The average molecular weight is 306 g/mol. The fourth-order valence-electron chi connectivity index (χ4n) is 4.17. The Balaban J connectivity index is 1.38. The van der Waals surface area contributed by atoms with E-state index in [1.54, 1.807) is 0 Å². The lowest BCUT2D eigenvalue weighted by atomic mass is 9.97. The first kappa shape index (κ1) is 15.9. The van der Waals surface area contributed by atoms with Gasteiger partial charge in [-0.05, 0) is 50.6 Å². The van der Waals surface area contributed by atoms with Gasteiger partial charge in [-0.2, -0.15) is 0 Å². The molecule has 5 nitrogen and oxygen atoms in total. The second-order valence-corrected chi connectivity index (χ2v) is 7.19. The second kappa shape index (κ2) is 8.06. The lowest BCUT2D eigenvalue weighted by Crippen LogP contribution is -2.37. The number of aliphatic hydroxyl groups excluding tert-OH is 1. The van der Waals surface area contributed by atoms with Crippen LogP contribution in [0.15, 0.2) is 6.20 Å². The van der Waals surface area contributed by atoms with Crippen LogP contribution in [-0.2, 0) is 13.2 Å². The smallest absolute Gasteiger partial charge is 0.108 e. The van der Waals surface area contributed by atoms with Gasteiger partial charge in [0.05, 0.1) is 12.8 Å². The van der Waals surface area contributed by atoms with Crippen molar-refractivity contribution in [3.8, 4) is 0 Å². The summed E-state index contributed by atoms with van der Waals surface area (Å²) >= 11 is 0. The zero-order valence-electron chi connectivity index (χ0n) is 13.7. The fraction of sp³-hybridized carbons (Fsp3) is 0.882. The van der Waals surface area contributed by atoms with Gasteiger partial charge in [-0.15, -0.1) is 5.10 Å². The molecule has 0 radical (unpaired) electrons. The standard InChI is InChI=1S/C17H30N4O/c22-14-17-13-21(19-18-17)12-16-8-4-10-20(11-16)9-3-7-15-5-1-2-6-15/h13,15-16,22H,1-12,14H2. The van der Waals surface area contributed by atoms with Crippen molar-refractivity contribution in [3.05, 3.63) is 11.9 Å². The Labute approximate surface area is 133 Å². The van der Waals surface area contributed by atoms with Crippen LogP contribution in [-0.4, -0.2) is 44.6 Å². The largest absolute Gasteiger partial charge is 0.390 e. The third-order valence-electron chi connectivity index (χ3n) is 5.36. The summed E-state index contributed by atoms with van der Waals surface area (Å²) in [4.78, 5) is 2.65. The molecule has 2 heterocycles. The van der Waals surface area contributed by atoms with Crippen LogP contribution >= 0.6 is 0 Å². The van der Waals surface area contributed by atoms with E-state index >= 15 is 0 Å². The molecule has 1 saturated carbocycles. The Morgan fingerprint density at radius 1 is 1.14 bits per heavy atom. The summed E-state index contributed by atoms with van der Waals surface area (Å²) in [7, 11) is 0. The summed E-state index contributed by atoms with van der Waals surface area (Å²) in [5, 5.41) is 17.1.